The molecule has 11 nitrogen and oxygen atoms in total. The van der Waals surface area contributed by atoms with Crippen LogP contribution in [-0.2, 0) is 4.79 Å². The summed E-state index contributed by atoms with van der Waals surface area (Å²) in [6.45, 7) is 19.0. The van der Waals surface area contributed by atoms with Crippen molar-refractivity contribution in [1.82, 2.24) is 9.80 Å². The molecular weight excluding hydrogens is 753 g/mol. The van der Waals surface area contributed by atoms with Crippen molar-refractivity contribution < 1.29 is 23.9 Å². The van der Waals surface area contributed by atoms with Gasteiger partial charge >= 0.3 is 0 Å². The lowest BCUT2D eigenvalue weighted by molar-refractivity contribution is -0.196. The van der Waals surface area contributed by atoms with E-state index >= 15 is 0 Å². The van der Waals surface area contributed by atoms with Crippen LogP contribution in [0.4, 0.5) is 11.4 Å². The molecule has 3 heterocycles. The molecule has 3 aromatic carbocycles. The number of ether oxygens (including phenoxy) is 1. The van der Waals surface area contributed by atoms with Gasteiger partial charge in [0.15, 0.2) is 11.6 Å². The molecule has 0 N–H and O–H groups in total. The number of benzene rings is 3. The summed E-state index contributed by atoms with van der Waals surface area (Å²) in [7, 11) is 0. The summed E-state index contributed by atoms with van der Waals surface area (Å²) in [4.78, 5) is 61.5. The maximum atomic E-state index is 13.6. The molecule has 0 spiro atoms. The number of carbonyl (C=O) groups is 4. The fourth-order valence-electron chi connectivity index (χ4n) is 11.0. The number of nitrogens with zero attached hydrogens (tertiary/aromatic N) is 6. The average Bonchev–Trinajstić information content (AvgIpc) is 3.49. The number of rotatable bonds is 10. The van der Waals surface area contributed by atoms with E-state index in [1.165, 1.54) is 4.90 Å². The molecule has 0 bridgehead atoms. The maximum absolute atomic E-state index is 13.6. The molecule has 60 heavy (non-hydrogen) atoms. The van der Waals surface area contributed by atoms with Crippen LogP contribution in [0.25, 0.3) is 0 Å². The molecule has 11 heteroatoms. The highest BCUT2D eigenvalue weighted by Crippen LogP contribution is 2.61. The van der Waals surface area contributed by atoms with E-state index in [0.717, 1.165) is 81.2 Å². The molecule has 1 atom stereocenters. The van der Waals surface area contributed by atoms with Crippen molar-refractivity contribution in [1.29, 1.82) is 10.5 Å². The number of hydrogen-bond donors (Lipinski definition) is 0. The van der Waals surface area contributed by atoms with Gasteiger partial charge in [0.1, 0.15) is 24.0 Å². The zero-order valence-corrected chi connectivity index (χ0v) is 35.2. The van der Waals surface area contributed by atoms with Gasteiger partial charge in [0.05, 0.1) is 28.3 Å². The quantitative estimate of drug-likeness (QED) is 0.115. The number of hydrogen-bond acceptors (Lipinski definition) is 10. The molecule has 1 unspecified atom stereocenters. The number of Topliss-reactive ketones (excluding diaryl/α,β-unsaturated/α-hetero) is 2. The van der Waals surface area contributed by atoms with Gasteiger partial charge in [0.25, 0.3) is 11.8 Å². The summed E-state index contributed by atoms with van der Waals surface area (Å²) >= 11 is 0. The van der Waals surface area contributed by atoms with Crippen molar-refractivity contribution in [3.05, 3.63) is 101 Å². The minimum absolute atomic E-state index is 0.0999. The van der Waals surface area contributed by atoms with Gasteiger partial charge in [-0.25, -0.2) is 0 Å². The first kappa shape index (κ1) is 41.0. The van der Waals surface area contributed by atoms with Crippen LogP contribution in [0.3, 0.4) is 0 Å². The molecule has 2 aliphatic carbocycles. The Kier molecular flexibility index (Phi) is 10.9. The molecule has 0 radical (unpaired) electrons. The molecule has 3 aromatic rings. The molecule has 2 amide bonds. The predicted octanol–water partition coefficient (Wildman–Crippen LogP) is 7.44. The molecule has 310 valence electrons. The zero-order chi connectivity index (χ0) is 42.5. The number of ketones is 2. The summed E-state index contributed by atoms with van der Waals surface area (Å²) in [6, 6.07) is 22.0. The highest BCUT2D eigenvalue weighted by atomic mass is 16.5. The average molecular weight is 807 g/mol. The number of carbonyl (C=O) groups excluding carboxylic acids is 4. The van der Waals surface area contributed by atoms with Crippen LogP contribution in [0.5, 0.6) is 5.75 Å². The third kappa shape index (κ3) is 7.49. The van der Waals surface area contributed by atoms with Gasteiger partial charge in [-0.15, -0.1) is 0 Å². The van der Waals surface area contributed by atoms with Crippen LogP contribution in [0.1, 0.15) is 108 Å². The largest absolute Gasteiger partial charge is 0.489 e. The van der Waals surface area contributed by atoms with Crippen LogP contribution in [0.2, 0.25) is 0 Å². The van der Waals surface area contributed by atoms with Gasteiger partial charge in [-0.1, -0.05) is 39.8 Å². The van der Waals surface area contributed by atoms with Crippen molar-refractivity contribution in [3.8, 4) is 17.9 Å². The van der Waals surface area contributed by atoms with Gasteiger partial charge < -0.3 is 14.5 Å². The highest BCUT2D eigenvalue weighted by molar-refractivity contribution is 6.23. The van der Waals surface area contributed by atoms with Gasteiger partial charge in [0, 0.05) is 86.4 Å². The second-order valence-electron chi connectivity index (χ2n) is 18.7. The fourth-order valence-corrected chi connectivity index (χ4v) is 11.0. The third-order valence-corrected chi connectivity index (χ3v) is 14.2. The van der Waals surface area contributed by atoms with Gasteiger partial charge in [-0.2, -0.15) is 10.5 Å². The lowest BCUT2D eigenvalue weighted by atomic mass is 9.44. The Morgan fingerprint density at radius 1 is 0.767 bits per heavy atom. The van der Waals surface area contributed by atoms with E-state index in [2.05, 4.69) is 67.2 Å². The highest BCUT2D eigenvalue weighted by Gasteiger charge is 2.63. The standard InChI is InChI=1S/C49H54N6O5/c1-31-6-15-41(43(57)24-31)55-45(58)39-14-12-37(26-40(39)46(55)59)54-22-20-52(21-23-54)30-32-16-18-53(19-17-32)36-10-7-33(8-11-36)42(56)27-44-48(2,3)47(49(44,4)5)60-38-13-9-34(28-50)35(25-38)29-51/h7-14,25-26,32,41,44,47H,1,6,15-24,27,30H2,2-5H3. The van der Waals surface area contributed by atoms with Crippen LogP contribution in [0.15, 0.2) is 72.8 Å². The topological polar surface area (TPSA) is 138 Å². The number of nitriles is 2. The zero-order valence-electron chi connectivity index (χ0n) is 35.2. The summed E-state index contributed by atoms with van der Waals surface area (Å²) in [6.07, 6.45) is 3.78. The fraction of sp³-hybridized carbons (Fsp3) is 0.469. The van der Waals surface area contributed by atoms with E-state index in [9.17, 15) is 29.7 Å². The number of anilines is 2. The van der Waals surface area contributed by atoms with E-state index in [1.807, 2.05) is 30.3 Å². The number of amides is 2. The predicted molar refractivity (Wildman–Crippen MR) is 229 cm³/mol. The van der Waals surface area contributed by atoms with Crippen LogP contribution < -0.4 is 14.5 Å². The Hall–Kier alpha value is -5.78. The summed E-state index contributed by atoms with van der Waals surface area (Å²) in [5.41, 5.74) is 4.50. The molecular formula is C49H54N6O5. The molecule has 2 saturated heterocycles. The number of imide groups is 1. The molecule has 5 aliphatic rings. The van der Waals surface area contributed by atoms with Crippen molar-refractivity contribution >= 4 is 34.8 Å². The lowest BCUT2D eigenvalue weighted by Gasteiger charge is -2.63. The smallest absolute Gasteiger partial charge is 0.262 e. The van der Waals surface area contributed by atoms with Crippen molar-refractivity contribution in [3.63, 3.8) is 0 Å². The van der Waals surface area contributed by atoms with Crippen molar-refractivity contribution in [2.75, 3.05) is 55.6 Å². The Morgan fingerprint density at radius 3 is 2.05 bits per heavy atom. The third-order valence-electron chi connectivity index (χ3n) is 14.2. The maximum Gasteiger partial charge on any atom is 0.262 e. The Morgan fingerprint density at radius 2 is 1.40 bits per heavy atom. The van der Waals surface area contributed by atoms with Crippen LogP contribution >= 0.6 is 0 Å². The monoisotopic (exact) mass is 806 g/mol. The van der Waals surface area contributed by atoms with E-state index in [4.69, 9.17) is 4.74 Å². The Bertz CT molecular complexity index is 2300. The molecule has 2 saturated carbocycles. The van der Waals surface area contributed by atoms with Gasteiger partial charge in [0.2, 0.25) is 0 Å². The minimum Gasteiger partial charge on any atom is -0.489 e. The number of piperazine rings is 1. The van der Waals surface area contributed by atoms with E-state index in [-0.39, 0.29) is 52.7 Å². The first-order valence-electron chi connectivity index (χ1n) is 21.4. The summed E-state index contributed by atoms with van der Waals surface area (Å²) in [5, 5.41) is 18.8. The second-order valence-corrected chi connectivity index (χ2v) is 18.7. The molecule has 3 aliphatic heterocycles. The Balaban J connectivity index is 0.791. The van der Waals surface area contributed by atoms with E-state index in [1.54, 1.807) is 24.3 Å². The van der Waals surface area contributed by atoms with Crippen molar-refractivity contribution in [2.24, 2.45) is 22.7 Å². The van der Waals surface area contributed by atoms with Crippen molar-refractivity contribution in [2.45, 2.75) is 78.4 Å². The van der Waals surface area contributed by atoms with Crippen LogP contribution in [0, 0.1) is 45.3 Å². The number of fused-ring (bicyclic) bond motifs is 1. The number of piperidine rings is 1. The summed E-state index contributed by atoms with van der Waals surface area (Å²) in [5.74, 6) is 0.546. The Labute approximate surface area is 353 Å². The number of allylic oxidation sites excluding steroid dienone is 1. The SMILES string of the molecule is C=C1CCC(N2C(=O)c3ccc(N4CCN(CC5CCN(c6ccc(C(=O)CC7C(C)(C)C(Oc8ccc(C#N)c(C#N)c8)C7(C)C)cc6)CC5)CC4)cc3C2=O)C(=O)C1. The minimum atomic E-state index is -0.705. The second kappa shape index (κ2) is 16.0. The molecule has 4 fully saturated rings. The first-order valence-corrected chi connectivity index (χ1v) is 21.4. The van der Waals surface area contributed by atoms with Gasteiger partial charge in [-0.3, -0.25) is 29.0 Å². The van der Waals surface area contributed by atoms with E-state index in [0.29, 0.717) is 53.2 Å². The van der Waals surface area contributed by atoms with Gasteiger partial charge in [-0.05, 0) is 98.2 Å². The first-order chi connectivity index (χ1) is 28.7. The summed E-state index contributed by atoms with van der Waals surface area (Å²) < 4.78 is 6.42. The van der Waals surface area contributed by atoms with Crippen LogP contribution in [-0.4, -0.2) is 91.1 Å². The lowest BCUT2D eigenvalue weighted by Crippen LogP contribution is -2.66. The normalized spacial score (nSPS) is 24.1. The molecule has 8 rings (SSSR count). The molecule has 0 aromatic heterocycles. The van der Waals surface area contributed by atoms with E-state index < -0.39 is 6.04 Å².